The van der Waals surface area contributed by atoms with Crippen LogP contribution < -0.4 is 0 Å². The summed E-state index contributed by atoms with van der Waals surface area (Å²) >= 11 is 0. The highest BCUT2D eigenvalue weighted by molar-refractivity contribution is 7.47. The maximum atomic E-state index is 13.0. The van der Waals surface area contributed by atoms with Crippen LogP contribution in [0.15, 0.2) is 0 Å². The lowest BCUT2D eigenvalue weighted by molar-refractivity contribution is -0.161. The number of carbonyl (C=O) groups excluding carboxylic acids is 4. The maximum absolute atomic E-state index is 13.0. The van der Waals surface area contributed by atoms with E-state index in [0.29, 0.717) is 31.6 Å². The molecular formula is C72H140O17P2. The first-order valence-electron chi connectivity index (χ1n) is 37.2. The zero-order chi connectivity index (χ0) is 67.5. The third kappa shape index (κ3) is 65.1. The molecule has 0 heterocycles. The molecular weight excluding hydrogens is 1200 g/mol. The Hall–Kier alpha value is -1.94. The average Bonchev–Trinajstić information content (AvgIpc) is 3.70. The average molecular weight is 1340 g/mol. The van der Waals surface area contributed by atoms with Crippen LogP contribution in [0.25, 0.3) is 0 Å². The molecule has 6 atom stereocenters. The molecule has 0 radical (unpaired) electrons. The van der Waals surface area contributed by atoms with Crippen molar-refractivity contribution in [3.05, 3.63) is 0 Å². The first kappa shape index (κ1) is 89.1. The SMILES string of the molecule is CCC(C)CCCCCCCCCCCCCCCCC(=O)O[C@H](COC(=O)CCCCCCCCCCC(C)C)COP(=O)(O)OCC(O)COP(=O)(O)OC[C@@H](COC(=O)CCCCCCCCCC(C)C)OC(=O)CCCCCCCCCCCC(C)C. The van der Waals surface area contributed by atoms with Gasteiger partial charge in [0.1, 0.15) is 19.3 Å². The van der Waals surface area contributed by atoms with Gasteiger partial charge < -0.3 is 33.8 Å². The van der Waals surface area contributed by atoms with E-state index in [1.807, 2.05) is 0 Å². The number of phosphoric acid groups is 2. The van der Waals surface area contributed by atoms with E-state index in [1.54, 1.807) is 0 Å². The van der Waals surface area contributed by atoms with E-state index in [9.17, 15) is 43.2 Å². The normalized spacial score (nSPS) is 14.5. The van der Waals surface area contributed by atoms with E-state index in [-0.39, 0.29) is 25.7 Å². The number of aliphatic hydroxyl groups excluding tert-OH is 1. The molecule has 0 bridgehead atoms. The van der Waals surface area contributed by atoms with Crippen molar-refractivity contribution in [1.82, 2.24) is 0 Å². The summed E-state index contributed by atoms with van der Waals surface area (Å²) in [4.78, 5) is 72.6. The number of hydrogen-bond donors (Lipinski definition) is 3. The second kappa shape index (κ2) is 61.6. The van der Waals surface area contributed by atoms with Gasteiger partial charge in [0.05, 0.1) is 26.4 Å². The van der Waals surface area contributed by atoms with Crippen LogP contribution in [0.1, 0.15) is 357 Å². The molecule has 0 aliphatic rings. The minimum absolute atomic E-state index is 0.104. The fourth-order valence-corrected chi connectivity index (χ4v) is 12.4. The van der Waals surface area contributed by atoms with E-state index in [2.05, 4.69) is 55.4 Å². The lowest BCUT2D eigenvalue weighted by Gasteiger charge is -2.21. The summed E-state index contributed by atoms with van der Waals surface area (Å²) < 4.78 is 68.3. The van der Waals surface area contributed by atoms with Gasteiger partial charge in [-0.15, -0.1) is 0 Å². The first-order chi connectivity index (χ1) is 43.6. The van der Waals surface area contributed by atoms with Gasteiger partial charge in [-0.1, -0.05) is 306 Å². The van der Waals surface area contributed by atoms with Gasteiger partial charge in [0.15, 0.2) is 12.2 Å². The number of rotatable bonds is 69. The molecule has 0 aromatic carbocycles. The smallest absolute Gasteiger partial charge is 0.462 e. The van der Waals surface area contributed by atoms with Gasteiger partial charge in [0.25, 0.3) is 0 Å². The maximum Gasteiger partial charge on any atom is 0.472 e. The van der Waals surface area contributed by atoms with Gasteiger partial charge in [-0.05, 0) is 49.4 Å². The Morgan fingerprint density at radius 1 is 0.308 bits per heavy atom. The van der Waals surface area contributed by atoms with E-state index in [0.717, 1.165) is 114 Å². The summed E-state index contributed by atoms with van der Waals surface area (Å²) in [5, 5.41) is 10.6. The van der Waals surface area contributed by atoms with Crippen LogP contribution in [0.3, 0.4) is 0 Å². The Morgan fingerprint density at radius 3 is 0.780 bits per heavy atom. The molecule has 0 fully saturated rings. The largest absolute Gasteiger partial charge is 0.472 e. The van der Waals surface area contributed by atoms with Crippen molar-refractivity contribution in [2.24, 2.45) is 23.7 Å². The predicted molar refractivity (Wildman–Crippen MR) is 367 cm³/mol. The molecule has 0 aliphatic heterocycles. The van der Waals surface area contributed by atoms with Crippen LogP contribution in [0, 0.1) is 23.7 Å². The number of esters is 4. The number of aliphatic hydroxyl groups is 1. The van der Waals surface area contributed by atoms with E-state index >= 15 is 0 Å². The van der Waals surface area contributed by atoms with Crippen LogP contribution >= 0.6 is 15.6 Å². The summed E-state index contributed by atoms with van der Waals surface area (Å²) in [6, 6.07) is 0. The Labute approximate surface area is 556 Å². The molecule has 0 spiro atoms. The van der Waals surface area contributed by atoms with Crippen molar-refractivity contribution in [1.29, 1.82) is 0 Å². The van der Waals surface area contributed by atoms with E-state index < -0.39 is 97.5 Å². The summed E-state index contributed by atoms with van der Waals surface area (Å²) in [5.74, 6) is 0.885. The highest BCUT2D eigenvalue weighted by Gasteiger charge is 2.30. The fourth-order valence-electron chi connectivity index (χ4n) is 10.8. The highest BCUT2D eigenvalue weighted by atomic mass is 31.2. The number of carbonyl (C=O) groups is 4. The molecule has 0 saturated heterocycles. The minimum Gasteiger partial charge on any atom is -0.462 e. The van der Waals surface area contributed by atoms with Crippen LogP contribution in [0.4, 0.5) is 0 Å². The van der Waals surface area contributed by atoms with Gasteiger partial charge >= 0.3 is 39.5 Å². The summed E-state index contributed by atoms with van der Waals surface area (Å²) in [6.45, 7) is 14.1. The zero-order valence-corrected chi connectivity index (χ0v) is 61.3. The molecule has 0 aliphatic carbocycles. The third-order valence-corrected chi connectivity index (χ3v) is 18.8. The molecule has 0 amide bonds. The molecule has 19 heteroatoms. The van der Waals surface area contributed by atoms with Gasteiger partial charge in [0, 0.05) is 25.7 Å². The molecule has 3 N–H and O–H groups in total. The molecule has 0 aromatic rings. The second-order valence-corrected chi connectivity index (χ2v) is 30.6. The highest BCUT2D eigenvalue weighted by Crippen LogP contribution is 2.45. The van der Waals surface area contributed by atoms with Crippen LogP contribution in [-0.2, 0) is 65.4 Å². The van der Waals surface area contributed by atoms with Crippen LogP contribution in [-0.4, -0.2) is 96.7 Å². The van der Waals surface area contributed by atoms with Crippen molar-refractivity contribution in [2.45, 2.75) is 375 Å². The molecule has 17 nitrogen and oxygen atoms in total. The topological polar surface area (TPSA) is 237 Å². The van der Waals surface area contributed by atoms with Crippen molar-refractivity contribution >= 4 is 39.5 Å². The minimum atomic E-state index is -4.95. The molecule has 0 saturated carbocycles. The third-order valence-electron chi connectivity index (χ3n) is 16.9. The molecule has 0 aromatic heterocycles. The molecule has 540 valence electrons. The van der Waals surface area contributed by atoms with Crippen molar-refractivity contribution < 1.29 is 80.2 Å². The fraction of sp³-hybridized carbons (Fsp3) is 0.944. The predicted octanol–water partition coefficient (Wildman–Crippen LogP) is 20.5. The van der Waals surface area contributed by atoms with Crippen LogP contribution in [0.5, 0.6) is 0 Å². The number of unbranched alkanes of at least 4 members (excludes halogenated alkanes) is 34. The number of ether oxygens (including phenoxy) is 4. The van der Waals surface area contributed by atoms with Crippen LogP contribution in [0.2, 0.25) is 0 Å². The molecule has 4 unspecified atom stereocenters. The van der Waals surface area contributed by atoms with Crippen molar-refractivity contribution in [2.75, 3.05) is 39.6 Å². The Balaban J connectivity index is 5.23. The Bertz CT molecular complexity index is 1800. The Morgan fingerprint density at radius 2 is 0.527 bits per heavy atom. The summed E-state index contributed by atoms with van der Waals surface area (Å²) in [5.41, 5.74) is 0. The summed E-state index contributed by atoms with van der Waals surface area (Å²) in [6.07, 6.45) is 44.5. The monoisotopic (exact) mass is 1340 g/mol. The quantitative estimate of drug-likeness (QED) is 0.0222. The van der Waals surface area contributed by atoms with Crippen molar-refractivity contribution in [3.63, 3.8) is 0 Å². The van der Waals surface area contributed by atoms with Gasteiger partial charge in [-0.3, -0.25) is 37.3 Å². The summed E-state index contributed by atoms with van der Waals surface area (Å²) in [7, 11) is -9.91. The lowest BCUT2D eigenvalue weighted by Crippen LogP contribution is -2.30. The molecule has 0 rings (SSSR count). The first-order valence-corrected chi connectivity index (χ1v) is 40.2. The van der Waals surface area contributed by atoms with E-state index in [4.69, 9.17) is 37.0 Å². The second-order valence-electron chi connectivity index (χ2n) is 27.6. The van der Waals surface area contributed by atoms with Crippen molar-refractivity contribution in [3.8, 4) is 0 Å². The Kier molecular flexibility index (Phi) is 60.3. The van der Waals surface area contributed by atoms with Gasteiger partial charge in [-0.2, -0.15) is 0 Å². The van der Waals surface area contributed by atoms with Gasteiger partial charge in [0.2, 0.25) is 0 Å². The zero-order valence-electron chi connectivity index (χ0n) is 59.5. The number of phosphoric ester groups is 2. The molecule has 91 heavy (non-hydrogen) atoms. The van der Waals surface area contributed by atoms with Gasteiger partial charge in [-0.25, -0.2) is 9.13 Å². The standard InChI is InChI=1S/C72H140O17P2/c1-9-65(8)51-43-35-27-18-14-12-10-11-13-15-19-29-38-46-54-71(76)88-67(58-82-69(74)52-44-36-28-22-21-25-33-41-49-63(4)5)60-86-90(78,79)84-56-66(73)57-85-91(80,81)87-61-68(59-83-70(75)53-45-37-31-23-26-34-42-50-64(6)7)89-72(77)55-47-39-30-20-16-17-24-32-40-48-62(2)3/h62-68,73H,9-61H2,1-8H3,(H,78,79)(H,80,81)/t65?,66?,67-,68-/m1/s1. The van der Waals surface area contributed by atoms with E-state index in [1.165, 1.54) is 154 Å². The number of hydrogen-bond acceptors (Lipinski definition) is 15. The lowest BCUT2D eigenvalue weighted by atomic mass is 9.99.